The normalized spacial score (nSPS) is 26.8. The zero-order chi connectivity index (χ0) is 23.1. The first-order valence-corrected chi connectivity index (χ1v) is 13.0. The standard InChI is InChI=1S/C27H38N2O4/c1-20(17-21-7-3-2-4-8-21)24(30)29-15-13-27(32,26(18-29)11-5-6-12-26)19-28-14-9-23-22(25(28)31)10-16-33-23/h9-10,14,16,20-21,32H,2-8,11-13,15,17-19H2,1H3/t20-,27?/m1/s1. The van der Waals surface area contributed by atoms with E-state index < -0.39 is 5.60 Å². The predicted molar refractivity (Wildman–Crippen MR) is 128 cm³/mol. The largest absolute Gasteiger partial charge is 0.464 e. The van der Waals surface area contributed by atoms with Crippen molar-refractivity contribution in [2.75, 3.05) is 13.1 Å². The van der Waals surface area contributed by atoms with Crippen LogP contribution in [0.1, 0.15) is 77.6 Å². The number of amides is 1. The molecule has 1 unspecified atom stereocenters. The molecule has 3 heterocycles. The third-order valence-electron chi connectivity index (χ3n) is 9.01. The number of piperidine rings is 1. The highest BCUT2D eigenvalue weighted by Gasteiger charge is 2.55. The number of aliphatic hydroxyl groups is 1. The zero-order valence-electron chi connectivity index (χ0n) is 19.9. The van der Waals surface area contributed by atoms with E-state index in [-0.39, 0.29) is 29.3 Å². The zero-order valence-corrected chi connectivity index (χ0v) is 19.9. The molecule has 3 aliphatic rings. The summed E-state index contributed by atoms with van der Waals surface area (Å²) in [5.74, 6) is 0.985. The molecule has 2 aliphatic carbocycles. The van der Waals surface area contributed by atoms with E-state index in [0.29, 0.717) is 36.4 Å². The van der Waals surface area contributed by atoms with Gasteiger partial charge < -0.3 is 19.0 Å². The predicted octanol–water partition coefficient (Wildman–Crippen LogP) is 4.72. The van der Waals surface area contributed by atoms with Gasteiger partial charge >= 0.3 is 0 Å². The van der Waals surface area contributed by atoms with Crippen molar-refractivity contribution in [1.29, 1.82) is 0 Å². The summed E-state index contributed by atoms with van der Waals surface area (Å²) in [6, 6.07) is 3.49. The van der Waals surface area contributed by atoms with E-state index in [1.165, 1.54) is 38.4 Å². The quantitative estimate of drug-likeness (QED) is 0.709. The Morgan fingerprint density at radius 2 is 1.91 bits per heavy atom. The Hall–Kier alpha value is -2.08. The second kappa shape index (κ2) is 8.94. The van der Waals surface area contributed by atoms with E-state index >= 15 is 0 Å². The van der Waals surface area contributed by atoms with Gasteiger partial charge in [0.25, 0.3) is 5.56 Å². The molecule has 6 nitrogen and oxygen atoms in total. The molecule has 0 bridgehead atoms. The van der Waals surface area contributed by atoms with Crippen LogP contribution in [0, 0.1) is 17.3 Å². The van der Waals surface area contributed by atoms with Crippen LogP contribution in [-0.2, 0) is 11.3 Å². The molecule has 1 spiro atoms. The molecule has 1 saturated heterocycles. The van der Waals surface area contributed by atoms with E-state index in [1.54, 1.807) is 22.9 Å². The lowest BCUT2D eigenvalue weighted by Gasteiger charge is -2.52. The van der Waals surface area contributed by atoms with Crippen molar-refractivity contribution in [3.8, 4) is 0 Å². The van der Waals surface area contributed by atoms with Gasteiger partial charge in [-0.15, -0.1) is 0 Å². The van der Waals surface area contributed by atoms with E-state index in [9.17, 15) is 14.7 Å². The Balaban J connectivity index is 1.33. The second-order valence-electron chi connectivity index (χ2n) is 11.1. The molecule has 1 aliphatic heterocycles. The van der Waals surface area contributed by atoms with Crippen molar-refractivity contribution in [3.05, 3.63) is 34.9 Å². The summed E-state index contributed by atoms with van der Waals surface area (Å²) in [6.07, 6.45) is 15.2. The van der Waals surface area contributed by atoms with Gasteiger partial charge in [0.05, 0.1) is 23.8 Å². The Labute approximate surface area is 195 Å². The lowest BCUT2D eigenvalue weighted by Crippen LogP contribution is -2.62. The molecule has 0 radical (unpaired) electrons. The van der Waals surface area contributed by atoms with Crippen molar-refractivity contribution >= 4 is 16.9 Å². The summed E-state index contributed by atoms with van der Waals surface area (Å²) in [7, 11) is 0. The van der Waals surface area contributed by atoms with Crippen LogP contribution >= 0.6 is 0 Å². The fourth-order valence-electron chi connectivity index (χ4n) is 7.04. The van der Waals surface area contributed by atoms with Crippen LogP contribution in [0.15, 0.2) is 33.8 Å². The van der Waals surface area contributed by atoms with Gasteiger partial charge in [-0.1, -0.05) is 51.9 Å². The first-order chi connectivity index (χ1) is 15.9. The fourth-order valence-corrected chi connectivity index (χ4v) is 7.04. The smallest absolute Gasteiger partial charge is 0.261 e. The van der Waals surface area contributed by atoms with Gasteiger partial charge in [-0.3, -0.25) is 9.59 Å². The Bertz CT molecular complexity index is 1040. The summed E-state index contributed by atoms with van der Waals surface area (Å²) in [6.45, 7) is 3.54. The Morgan fingerprint density at radius 1 is 1.15 bits per heavy atom. The fraction of sp³-hybridized carbons (Fsp3) is 0.704. The van der Waals surface area contributed by atoms with Crippen LogP contribution in [0.2, 0.25) is 0 Å². The number of aromatic nitrogens is 1. The lowest BCUT2D eigenvalue weighted by molar-refractivity contribution is -0.163. The minimum absolute atomic E-state index is 0.0452. The van der Waals surface area contributed by atoms with Gasteiger partial charge in [0, 0.05) is 30.6 Å². The highest BCUT2D eigenvalue weighted by Crippen LogP contribution is 2.51. The van der Waals surface area contributed by atoms with E-state index in [0.717, 1.165) is 32.1 Å². The van der Waals surface area contributed by atoms with Crippen molar-refractivity contribution in [3.63, 3.8) is 0 Å². The van der Waals surface area contributed by atoms with Crippen molar-refractivity contribution < 1.29 is 14.3 Å². The molecular formula is C27H38N2O4. The number of carbonyl (C=O) groups is 1. The highest BCUT2D eigenvalue weighted by atomic mass is 16.3. The summed E-state index contributed by atoms with van der Waals surface area (Å²) >= 11 is 0. The van der Waals surface area contributed by atoms with Crippen LogP contribution in [0.4, 0.5) is 0 Å². The van der Waals surface area contributed by atoms with Crippen molar-refractivity contribution in [2.45, 2.75) is 89.7 Å². The summed E-state index contributed by atoms with van der Waals surface area (Å²) in [4.78, 5) is 28.5. The maximum absolute atomic E-state index is 13.4. The molecule has 5 rings (SSSR count). The number of rotatable bonds is 5. The average molecular weight is 455 g/mol. The van der Waals surface area contributed by atoms with Crippen LogP contribution in [0.5, 0.6) is 0 Å². The molecule has 3 fully saturated rings. The number of furan rings is 1. The minimum atomic E-state index is -0.992. The third-order valence-corrected chi connectivity index (χ3v) is 9.01. The molecule has 0 aromatic carbocycles. The van der Waals surface area contributed by atoms with Gasteiger partial charge in [-0.25, -0.2) is 0 Å². The van der Waals surface area contributed by atoms with Gasteiger partial charge in [-0.2, -0.15) is 0 Å². The topological polar surface area (TPSA) is 75.7 Å². The molecule has 180 valence electrons. The molecule has 2 atom stereocenters. The van der Waals surface area contributed by atoms with Crippen LogP contribution in [0.3, 0.4) is 0 Å². The summed E-state index contributed by atoms with van der Waals surface area (Å²) in [5, 5.41) is 12.5. The molecular weight excluding hydrogens is 416 g/mol. The number of pyridine rings is 1. The first kappa shape index (κ1) is 22.7. The number of likely N-dealkylation sites (tertiary alicyclic amines) is 1. The molecule has 6 heteroatoms. The molecule has 2 aromatic rings. The lowest BCUT2D eigenvalue weighted by atomic mass is 9.65. The number of hydrogen-bond donors (Lipinski definition) is 1. The van der Waals surface area contributed by atoms with Gasteiger partial charge in [0.15, 0.2) is 0 Å². The first-order valence-electron chi connectivity index (χ1n) is 13.0. The van der Waals surface area contributed by atoms with Crippen molar-refractivity contribution in [2.24, 2.45) is 17.3 Å². The number of fused-ring (bicyclic) bond motifs is 1. The van der Waals surface area contributed by atoms with Gasteiger partial charge in [-0.05, 0) is 43.7 Å². The highest BCUT2D eigenvalue weighted by molar-refractivity contribution is 5.78. The van der Waals surface area contributed by atoms with E-state index in [2.05, 4.69) is 6.92 Å². The molecule has 1 N–H and O–H groups in total. The van der Waals surface area contributed by atoms with Crippen LogP contribution in [-0.4, -0.2) is 39.2 Å². The monoisotopic (exact) mass is 454 g/mol. The van der Waals surface area contributed by atoms with Gasteiger partial charge in [0.2, 0.25) is 5.91 Å². The number of hydrogen-bond acceptors (Lipinski definition) is 4. The SMILES string of the molecule is C[C@H](CC1CCCCC1)C(=O)N1CCC(O)(Cn2ccc3occc3c2=O)C2(CCCC2)C1. The van der Waals surface area contributed by atoms with E-state index in [1.807, 2.05) is 4.90 Å². The van der Waals surface area contributed by atoms with E-state index in [4.69, 9.17) is 4.42 Å². The molecule has 2 saturated carbocycles. The molecule has 33 heavy (non-hydrogen) atoms. The van der Waals surface area contributed by atoms with Gasteiger partial charge in [0.1, 0.15) is 5.58 Å². The maximum atomic E-state index is 13.4. The number of nitrogens with zero attached hydrogens (tertiary/aromatic N) is 2. The Morgan fingerprint density at radius 3 is 2.67 bits per heavy atom. The van der Waals surface area contributed by atoms with Crippen LogP contribution < -0.4 is 5.56 Å². The number of carbonyl (C=O) groups excluding carboxylic acids is 1. The summed E-state index contributed by atoms with van der Waals surface area (Å²) in [5.41, 5.74) is -0.877. The second-order valence-corrected chi connectivity index (χ2v) is 11.1. The maximum Gasteiger partial charge on any atom is 0.261 e. The average Bonchev–Trinajstić information content (AvgIpc) is 3.49. The van der Waals surface area contributed by atoms with Crippen molar-refractivity contribution in [1.82, 2.24) is 9.47 Å². The summed E-state index contributed by atoms with van der Waals surface area (Å²) < 4.78 is 7.00. The molecule has 1 amide bonds. The third kappa shape index (κ3) is 4.16. The van der Waals surface area contributed by atoms with Crippen LogP contribution in [0.25, 0.3) is 11.0 Å². The Kier molecular flexibility index (Phi) is 6.15. The molecule has 2 aromatic heterocycles. The minimum Gasteiger partial charge on any atom is -0.464 e.